The van der Waals surface area contributed by atoms with Gasteiger partial charge in [0.2, 0.25) is 5.91 Å². The minimum atomic E-state index is -0.0924. The van der Waals surface area contributed by atoms with Gasteiger partial charge in [-0.15, -0.1) is 11.8 Å². The highest BCUT2D eigenvalue weighted by molar-refractivity contribution is 8.00. The van der Waals surface area contributed by atoms with E-state index in [0.29, 0.717) is 17.4 Å². The van der Waals surface area contributed by atoms with Crippen molar-refractivity contribution in [3.8, 4) is 0 Å². The molecule has 1 unspecified atom stereocenters. The summed E-state index contributed by atoms with van der Waals surface area (Å²) in [5, 5.41) is 3.17. The minimum Gasteiger partial charge on any atom is -0.469 e. The minimum absolute atomic E-state index is 0.0166. The molecule has 0 aliphatic heterocycles. The number of aryl methyl sites for hydroxylation is 1. The van der Waals surface area contributed by atoms with Crippen molar-refractivity contribution in [2.24, 2.45) is 0 Å². The molecule has 1 aromatic carbocycles. The first-order chi connectivity index (χ1) is 14.6. The summed E-state index contributed by atoms with van der Waals surface area (Å²) in [7, 11) is 1.92. The number of rotatable bonds is 6. The third-order valence-electron chi connectivity index (χ3n) is 6.36. The average molecular weight is 427 g/mol. The Bertz CT molecular complexity index is 888. The first-order valence-electron chi connectivity index (χ1n) is 11.0. The van der Waals surface area contributed by atoms with Crippen LogP contribution in [0.5, 0.6) is 0 Å². The Balaban J connectivity index is 1.39. The normalized spacial score (nSPS) is 19.2. The maximum atomic E-state index is 13.0. The number of furan rings is 1. The van der Waals surface area contributed by atoms with Crippen molar-refractivity contribution >= 4 is 23.6 Å². The Hall–Kier alpha value is -2.21. The molecule has 5 nitrogen and oxygen atoms in total. The van der Waals surface area contributed by atoms with Gasteiger partial charge in [0.1, 0.15) is 5.76 Å². The fraction of sp³-hybridized carbons (Fsp3) is 0.500. The number of benzene rings is 1. The predicted molar refractivity (Wildman–Crippen MR) is 119 cm³/mol. The van der Waals surface area contributed by atoms with Crippen LogP contribution in [-0.2, 0) is 11.2 Å². The Morgan fingerprint density at radius 1 is 1.10 bits per heavy atom. The Morgan fingerprint density at radius 2 is 1.90 bits per heavy atom. The zero-order valence-corrected chi connectivity index (χ0v) is 18.4. The summed E-state index contributed by atoms with van der Waals surface area (Å²) in [6.45, 7) is 0. The summed E-state index contributed by atoms with van der Waals surface area (Å²) in [5.74, 6) is 1.38. The molecule has 2 aliphatic rings. The van der Waals surface area contributed by atoms with Crippen LogP contribution in [0.3, 0.4) is 0 Å². The van der Waals surface area contributed by atoms with Crippen LogP contribution in [0.2, 0.25) is 0 Å². The van der Waals surface area contributed by atoms with Crippen LogP contribution < -0.4 is 5.32 Å². The number of carbonyl (C=O) groups excluding carboxylic acids is 2. The number of nitrogens with one attached hydrogen (secondary N) is 1. The molecule has 1 aromatic heterocycles. The van der Waals surface area contributed by atoms with Gasteiger partial charge in [0, 0.05) is 30.0 Å². The quantitative estimate of drug-likeness (QED) is 0.663. The van der Waals surface area contributed by atoms with E-state index in [9.17, 15) is 9.59 Å². The Kier molecular flexibility index (Phi) is 6.82. The lowest BCUT2D eigenvalue weighted by atomic mass is 9.93. The Labute approximate surface area is 182 Å². The maximum absolute atomic E-state index is 13.0. The molecule has 1 fully saturated rings. The monoisotopic (exact) mass is 426 g/mol. The largest absolute Gasteiger partial charge is 0.469 e. The molecule has 2 aliphatic carbocycles. The number of nitrogens with zero attached hydrogens (tertiary/aromatic N) is 1. The van der Waals surface area contributed by atoms with E-state index in [2.05, 4.69) is 5.32 Å². The molecule has 0 bridgehead atoms. The number of hydrogen-bond donors (Lipinski definition) is 1. The van der Waals surface area contributed by atoms with E-state index in [0.717, 1.165) is 48.3 Å². The van der Waals surface area contributed by atoms with E-state index in [1.54, 1.807) is 6.26 Å². The van der Waals surface area contributed by atoms with Crippen LogP contribution in [0.1, 0.15) is 72.7 Å². The van der Waals surface area contributed by atoms with Gasteiger partial charge in [-0.25, -0.2) is 0 Å². The van der Waals surface area contributed by atoms with E-state index < -0.39 is 0 Å². The van der Waals surface area contributed by atoms with Crippen LogP contribution in [0.4, 0.5) is 0 Å². The predicted octanol–water partition coefficient (Wildman–Crippen LogP) is 4.97. The average Bonchev–Trinajstić information content (AvgIpc) is 3.27. The van der Waals surface area contributed by atoms with Crippen molar-refractivity contribution in [1.82, 2.24) is 10.2 Å². The second kappa shape index (κ2) is 9.73. The van der Waals surface area contributed by atoms with Crippen molar-refractivity contribution in [1.29, 1.82) is 0 Å². The first kappa shape index (κ1) is 21.0. The molecule has 0 saturated heterocycles. The molecule has 1 saturated carbocycles. The molecule has 2 aromatic rings. The van der Waals surface area contributed by atoms with Crippen molar-refractivity contribution in [3.05, 3.63) is 53.5 Å². The van der Waals surface area contributed by atoms with Gasteiger partial charge in [-0.3, -0.25) is 9.59 Å². The van der Waals surface area contributed by atoms with Crippen LogP contribution in [0, 0.1) is 0 Å². The molecule has 0 radical (unpaired) electrons. The lowest BCUT2D eigenvalue weighted by molar-refractivity contribution is -0.129. The zero-order valence-electron chi connectivity index (χ0n) is 17.6. The van der Waals surface area contributed by atoms with Gasteiger partial charge in [-0.05, 0) is 43.9 Å². The van der Waals surface area contributed by atoms with E-state index in [4.69, 9.17) is 4.42 Å². The fourth-order valence-corrected chi connectivity index (χ4v) is 5.54. The smallest absolute Gasteiger partial charge is 0.252 e. The molecular weight excluding hydrogens is 396 g/mol. The molecule has 160 valence electrons. The SMILES string of the molecule is CN(C(=O)CSc1ccccc1C(=O)NC1CCCc2occc21)C1CCCCC1. The lowest BCUT2D eigenvalue weighted by Crippen LogP contribution is -2.39. The van der Waals surface area contributed by atoms with Gasteiger partial charge in [0.15, 0.2) is 0 Å². The molecule has 4 rings (SSSR count). The standard InChI is InChI=1S/C24H30N2O3S/c1-26(17-8-3-2-4-9-17)23(27)16-30-22-13-6-5-10-19(22)24(28)25-20-11-7-12-21-18(20)14-15-29-21/h5-6,10,13-15,17,20H,2-4,7-9,11-12,16H2,1H3,(H,25,28). The third kappa shape index (κ3) is 4.75. The number of amides is 2. The topological polar surface area (TPSA) is 62.6 Å². The molecule has 0 spiro atoms. The summed E-state index contributed by atoms with van der Waals surface area (Å²) in [4.78, 5) is 28.5. The van der Waals surface area contributed by atoms with Crippen molar-refractivity contribution < 1.29 is 14.0 Å². The van der Waals surface area contributed by atoms with Crippen molar-refractivity contribution in [2.75, 3.05) is 12.8 Å². The molecule has 30 heavy (non-hydrogen) atoms. The molecular formula is C24H30N2O3S. The lowest BCUT2D eigenvalue weighted by Gasteiger charge is -2.31. The number of thioether (sulfide) groups is 1. The number of hydrogen-bond acceptors (Lipinski definition) is 4. The van der Waals surface area contributed by atoms with Gasteiger partial charge in [-0.1, -0.05) is 31.4 Å². The van der Waals surface area contributed by atoms with E-state index in [-0.39, 0.29) is 17.9 Å². The highest BCUT2D eigenvalue weighted by Gasteiger charge is 2.26. The van der Waals surface area contributed by atoms with Crippen molar-refractivity contribution in [2.45, 2.75) is 68.3 Å². The number of carbonyl (C=O) groups is 2. The van der Waals surface area contributed by atoms with Crippen LogP contribution in [0.15, 0.2) is 45.9 Å². The van der Waals surface area contributed by atoms with E-state index in [1.165, 1.54) is 31.0 Å². The highest BCUT2D eigenvalue weighted by Crippen LogP contribution is 2.31. The summed E-state index contributed by atoms with van der Waals surface area (Å²) < 4.78 is 5.54. The maximum Gasteiger partial charge on any atom is 0.252 e. The Morgan fingerprint density at radius 3 is 2.73 bits per heavy atom. The third-order valence-corrected chi connectivity index (χ3v) is 7.41. The summed E-state index contributed by atoms with van der Waals surface area (Å²) in [5.41, 5.74) is 1.72. The molecule has 1 atom stereocenters. The second-order valence-corrected chi connectivity index (χ2v) is 9.32. The van der Waals surface area contributed by atoms with Gasteiger partial charge < -0.3 is 14.6 Å². The van der Waals surface area contributed by atoms with Gasteiger partial charge in [-0.2, -0.15) is 0 Å². The molecule has 2 amide bonds. The summed E-state index contributed by atoms with van der Waals surface area (Å²) in [6, 6.07) is 9.87. The van der Waals surface area contributed by atoms with Gasteiger partial charge in [0.25, 0.3) is 5.91 Å². The van der Waals surface area contributed by atoms with E-state index >= 15 is 0 Å². The fourth-order valence-electron chi connectivity index (χ4n) is 4.57. The van der Waals surface area contributed by atoms with Crippen molar-refractivity contribution in [3.63, 3.8) is 0 Å². The first-order valence-corrected chi connectivity index (χ1v) is 12.0. The van der Waals surface area contributed by atoms with Crippen LogP contribution >= 0.6 is 11.8 Å². The summed E-state index contributed by atoms with van der Waals surface area (Å²) in [6.07, 6.45) is 10.4. The molecule has 1 heterocycles. The summed E-state index contributed by atoms with van der Waals surface area (Å²) >= 11 is 1.45. The van der Waals surface area contributed by atoms with E-state index in [1.807, 2.05) is 42.3 Å². The second-order valence-electron chi connectivity index (χ2n) is 8.30. The zero-order chi connectivity index (χ0) is 20.9. The van der Waals surface area contributed by atoms with Crippen LogP contribution in [-0.4, -0.2) is 35.6 Å². The highest BCUT2D eigenvalue weighted by atomic mass is 32.2. The number of fused-ring (bicyclic) bond motifs is 1. The van der Waals surface area contributed by atoms with Gasteiger partial charge in [0.05, 0.1) is 23.6 Å². The van der Waals surface area contributed by atoms with Gasteiger partial charge >= 0.3 is 0 Å². The molecule has 1 N–H and O–H groups in total. The van der Waals surface area contributed by atoms with Crippen LogP contribution in [0.25, 0.3) is 0 Å². The molecule has 6 heteroatoms.